The summed E-state index contributed by atoms with van der Waals surface area (Å²) in [5.41, 5.74) is 2.53. The van der Waals surface area contributed by atoms with Crippen LogP contribution >= 0.6 is 0 Å². The average molecular weight is 215 g/mol. The minimum atomic E-state index is 0.132. The van der Waals surface area contributed by atoms with Gasteiger partial charge >= 0.3 is 0 Å². The van der Waals surface area contributed by atoms with Gasteiger partial charge in [0.25, 0.3) is 5.56 Å². The third-order valence-electron chi connectivity index (χ3n) is 3.24. The smallest absolute Gasteiger partial charge is 0.258 e. The number of benzene rings is 1. The Morgan fingerprint density at radius 2 is 1.75 bits per heavy atom. The molecule has 2 rings (SSSR count). The number of fused-ring (bicyclic) bond motifs is 1. The van der Waals surface area contributed by atoms with Crippen LogP contribution in [0, 0.1) is 6.92 Å². The normalized spacial score (nSPS) is 10.9. The summed E-state index contributed by atoms with van der Waals surface area (Å²) in [6, 6.07) is 7.89. The summed E-state index contributed by atoms with van der Waals surface area (Å²) >= 11 is 0. The van der Waals surface area contributed by atoms with Gasteiger partial charge in [-0.1, -0.05) is 25.1 Å². The topological polar surface area (TPSA) is 22.0 Å². The Bertz CT molecular complexity index is 581. The molecule has 2 nitrogen and oxygen atoms in total. The Hall–Kier alpha value is -1.57. The summed E-state index contributed by atoms with van der Waals surface area (Å²) < 4.78 is 1.86. The zero-order valence-corrected chi connectivity index (χ0v) is 10.1. The van der Waals surface area contributed by atoms with Crippen molar-refractivity contribution in [2.24, 2.45) is 0 Å². The van der Waals surface area contributed by atoms with E-state index in [0.717, 1.165) is 29.4 Å². The molecule has 0 N–H and O–H groups in total. The summed E-state index contributed by atoms with van der Waals surface area (Å²) in [5, 5.41) is 1.95. The fourth-order valence-corrected chi connectivity index (χ4v) is 2.42. The van der Waals surface area contributed by atoms with Crippen LogP contribution in [0.3, 0.4) is 0 Å². The molecule has 1 aromatic heterocycles. The number of aromatic nitrogens is 1. The predicted molar refractivity (Wildman–Crippen MR) is 68.0 cm³/mol. The number of nitrogens with zero attached hydrogens (tertiary/aromatic N) is 1. The van der Waals surface area contributed by atoms with Gasteiger partial charge in [-0.15, -0.1) is 0 Å². The molecule has 0 bridgehead atoms. The molecule has 0 fully saturated rings. The van der Waals surface area contributed by atoms with Crippen LogP contribution in [0.15, 0.2) is 29.1 Å². The highest BCUT2D eigenvalue weighted by molar-refractivity contribution is 5.85. The van der Waals surface area contributed by atoms with Gasteiger partial charge in [0, 0.05) is 17.6 Å². The van der Waals surface area contributed by atoms with E-state index in [4.69, 9.17) is 0 Å². The van der Waals surface area contributed by atoms with Crippen LogP contribution in [0.25, 0.3) is 10.8 Å². The molecule has 0 saturated heterocycles. The molecular formula is C14H17NO. The summed E-state index contributed by atoms with van der Waals surface area (Å²) in [5.74, 6) is 0. The minimum absolute atomic E-state index is 0.132. The number of hydrogen-bond acceptors (Lipinski definition) is 1. The molecule has 0 radical (unpaired) electrons. The van der Waals surface area contributed by atoms with Crippen molar-refractivity contribution in [3.63, 3.8) is 0 Å². The fraction of sp³-hybridized carbons (Fsp3) is 0.357. The first-order valence-corrected chi connectivity index (χ1v) is 5.81. The highest BCUT2D eigenvalue weighted by Crippen LogP contribution is 2.19. The van der Waals surface area contributed by atoms with Crippen molar-refractivity contribution in [3.05, 3.63) is 45.9 Å². The molecule has 0 aliphatic heterocycles. The van der Waals surface area contributed by atoms with E-state index in [1.165, 1.54) is 5.56 Å². The van der Waals surface area contributed by atoms with Gasteiger partial charge in [0.1, 0.15) is 0 Å². The number of hydrogen-bond donors (Lipinski definition) is 0. The molecule has 16 heavy (non-hydrogen) atoms. The minimum Gasteiger partial charge on any atom is -0.312 e. The van der Waals surface area contributed by atoms with E-state index in [0.29, 0.717) is 0 Å². The van der Waals surface area contributed by atoms with Crippen molar-refractivity contribution in [3.8, 4) is 0 Å². The Morgan fingerprint density at radius 1 is 1.12 bits per heavy atom. The molecule has 0 amide bonds. The maximum atomic E-state index is 12.2. The monoisotopic (exact) mass is 215 g/mol. The van der Waals surface area contributed by atoms with Crippen molar-refractivity contribution in [2.45, 2.75) is 33.7 Å². The van der Waals surface area contributed by atoms with Crippen molar-refractivity contribution in [1.29, 1.82) is 0 Å². The van der Waals surface area contributed by atoms with E-state index in [1.807, 2.05) is 42.7 Å². The van der Waals surface area contributed by atoms with Crippen molar-refractivity contribution in [2.75, 3.05) is 0 Å². The standard InChI is InChI=1S/C14H17NO/c1-4-11-10(3)15(5-2)14(16)13-9-7-6-8-12(11)13/h6-9H,4-5H2,1-3H3. The second-order valence-electron chi connectivity index (χ2n) is 4.01. The highest BCUT2D eigenvalue weighted by Gasteiger charge is 2.10. The molecule has 0 aliphatic rings. The number of pyridine rings is 1. The van der Waals surface area contributed by atoms with E-state index >= 15 is 0 Å². The first kappa shape index (κ1) is 10.9. The van der Waals surface area contributed by atoms with Gasteiger partial charge in [0.2, 0.25) is 0 Å². The molecule has 0 atom stereocenters. The Morgan fingerprint density at radius 3 is 2.31 bits per heavy atom. The Labute approximate surface area is 95.5 Å². The van der Waals surface area contributed by atoms with Crippen LogP contribution in [-0.2, 0) is 13.0 Å². The maximum absolute atomic E-state index is 12.2. The summed E-state index contributed by atoms with van der Waals surface area (Å²) in [6.07, 6.45) is 0.965. The van der Waals surface area contributed by atoms with Crippen LogP contribution in [0.1, 0.15) is 25.1 Å². The molecule has 0 unspecified atom stereocenters. The fourth-order valence-electron chi connectivity index (χ4n) is 2.42. The van der Waals surface area contributed by atoms with E-state index in [9.17, 15) is 4.79 Å². The second kappa shape index (κ2) is 4.12. The van der Waals surface area contributed by atoms with Crippen LogP contribution in [0.2, 0.25) is 0 Å². The molecule has 0 spiro atoms. The van der Waals surface area contributed by atoms with E-state index in [1.54, 1.807) is 0 Å². The van der Waals surface area contributed by atoms with Crippen LogP contribution < -0.4 is 5.56 Å². The maximum Gasteiger partial charge on any atom is 0.258 e. The summed E-state index contributed by atoms with van der Waals surface area (Å²) in [7, 11) is 0. The third kappa shape index (κ3) is 1.45. The second-order valence-corrected chi connectivity index (χ2v) is 4.01. The molecular weight excluding hydrogens is 198 g/mol. The Balaban J connectivity index is 3.00. The van der Waals surface area contributed by atoms with Crippen LogP contribution in [0.5, 0.6) is 0 Å². The zero-order chi connectivity index (χ0) is 11.7. The summed E-state index contributed by atoms with van der Waals surface area (Å²) in [6.45, 7) is 6.93. The molecule has 1 heterocycles. The van der Waals surface area contributed by atoms with E-state index in [-0.39, 0.29) is 5.56 Å². The largest absolute Gasteiger partial charge is 0.312 e. The van der Waals surface area contributed by atoms with Gasteiger partial charge in [-0.2, -0.15) is 0 Å². The van der Waals surface area contributed by atoms with Gasteiger partial charge in [0.15, 0.2) is 0 Å². The molecule has 1 aromatic carbocycles. The molecule has 2 aromatic rings. The predicted octanol–water partition coefficient (Wildman–Crippen LogP) is 2.89. The first-order valence-electron chi connectivity index (χ1n) is 5.81. The van der Waals surface area contributed by atoms with Gasteiger partial charge in [-0.3, -0.25) is 4.79 Å². The van der Waals surface area contributed by atoms with Gasteiger partial charge < -0.3 is 4.57 Å². The quantitative estimate of drug-likeness (QED) is 0.755. The third-order valence-corrected chi connectivity index (χ3v) is 3.24. The van der Waals surface area contributed by atoms with E-state index < -0.39 is 0 Å². The van der Waals surface area contributed by atoms with Crippen LogP contribution in [-0.4, -0.2) is 4.57 Å². The lowest BCUT2D eigenvalue weighted by molar-refractivity contribution is 0.699. The Kier molecular flexibility index (Phi) is 2.82. The van der Waals surface area contributed by atoms with Crippen molar-refractivity contribution >= 4 is 10.8 Å². The molecule has 0 aliphatic carbocycles. The van der Waals surface area contributed by atoms with Crippen molar-refractivity contribution in [1.82, 2.24) is 4.57 Å². The molecule has 84 valence electrons. The average Bonchev–Trinajstić information content (AvgIpc) is 2.30. The van der Waals surface area contributed by atoms with Gasteiger partial charge in [-0.05, 0) is 37.3 Å². The number of aryl methyl sites for hydroxylation is 1. The van der Waals surface area contributed by atoms with Gasteiger partial charge in [-0.25, -0.2) is 0 Å². The highest BCUT2D eigenvalue weighted by atomic mass is 16.1. The number of rotatable bonds is 2. The molecule has 2 heteroatoms. The lowest BCUT2D eigenvalue weighted by Crippen LogP contribution is -2.23. The van der Waals surface area contributed by atoms with Gasteiger partial charge in [0.05, 0.1) is 0 Å². The lowest BCUT2D eigenvalue weighted by atomic mass is 10.0. The summed E-state index contributed by atoms with van der Waals surface area (Å²) in [4.78, 5) is 12.2. The van der Waals surface area contributed by atoms with Crippen molar-refractivity contribution < 1.29 is 0 Å². The van der Waals surface area contributed by atoms with E-state index in [2.05, 4.69) is 6.92 Å². The molecule has 0 saturated carbocycles. The lowest BCUT2D eigenvalue weighted by Gasteiger charge is -2.14. The first-order chi connectivity index (χ1) is 7.70. The SMILES string of the molecule is CCc1c(C)n(CC)c(=O)c2ccccc12. The van der Waals surface area contributed by atoms with Crippen LogP contribution in [0.4, 0.5) is 0 Å². The zero-order valence-electron chi connectivity index (χ0n) is 10.1.